The number of alkyl halides is 1. The molecular weight excluding hydrogens is 628 g/mol. The summed E-state index contributed by atoms with van der Waals surface area (Å²) >= 11 is 10.1. The fraction of sp³-hybridized carbons (Fsp3) is 0.588. The molecule has 9 nitrogen and oxygen atoms in total. The second-order valence-electron chi connectivity index (χ2n) is 11.0. The normalized spacial score (nSPS) is 15.2. The van der Waals surface area contributed by atoms with Gasteiger partial charge in [0, 0.05) is 50.2 Å². The summed E-state index contributed by atoms with van der Waals surface area (Å²) in [6.07, 6.45) is 5.60. The van der Waals surface area contributed by atoms with Crippen LogP contribution in [0.15, 0.2) is 34.0 Å². The molecule has 1 aliphatic heterocycles. The van der Waals surface area contributed by atoms with E-state index in [1.54, 1.807) is 32.3 Å². The maximum absolute atomic E-state index is 12.5. The van der Waals surface area contributed by atoms with Crippen LogP contribution in [0.25, 0.3) is 0 Å². The lowest BCUT2D eigenvalue weighted by molar-refractivity contribution is 0.110. The Kier molecular flexibility index (Phi) is 19.0. The number of nitrogens with one attached hydrogen (secondary N) is 2. The molecule has 1 fully saturated rings. The first kappa shape index (κ1) is 41.2. The van der Waals surface area contributed by atoms with Crippen molar-refractivity contribution < 1.29 is 4.39 Å². The Labute approximate surface area is 285 Å². The van der Waals surface area contributed by atoms with Gasteiger partial charge in [0.2, 0.25) is 0 Å². The summed E-state index contributed by atoms with van der Waals surface area (Å²) < 4.78 is 12.5. The fourth-order valence-corrected chi connectivity index (χ4v) is 5.46. The first-order chi connectivity index (χ1) is 22.0. The molecule has 0 bridgehead atoms. The molecule has 258 valence electrons. The molecule has 46 heavy (non-hydrogen) atoms. The first-order valence-electron chi connectivity index (χ1n) is 16.1. The van der Waals surface area contributed by atoms with Crippen LogP contribution in [-0.4, -0.2) is 85.1 Å². The molecule has 2 N–H and O–H groups in total. The molecule has 2 heterocycles. The van der Waals surface area contributed by atoms with Gasteiger partial charge in [-0.05, 0) is 71.4 Å². The van der Waals surface area contributed by atoms with Crippen molar-refractivity contribution in [3.8, 4) is 0 Å². The molecule has 1 aromatic heterocycles. The number of hydrogen-bond donors (Lipinski definition) is 2. The molecule has 0 radical (unpaired) electrons. The quantitative estimate of drug-likeness (QED) is 0.178. The second-order valence-corrected chi connectivity index (χ2v) is 11.4. The van der Waals surface area contributed by atoms with Crippen LogP contribution in [0.4, 0.5) is 21.6 Å². The van der Waals surface area contributed by atoms with Crippen molar-refractivity contribution in [2.45, 2.75) is 79.9 Å². The maximum atomic E-state index is 12.5. The van der Waals surface area contributed by atoms with E-state index in [2.05, 4.69) is 64.8 Å². The van der Waals surface area contributed by atoms with Crippen molar-refractivity contribution in [1.29, 1.82) is 0 Å². The van der Waals surface area contributed by atoms with E-state index in [1.807, 2.05) is 20.8 Å². The highest BCUT2D eigenvalue weighted by molar-refractivity contribution is 6.30. The molecule has 4 rings (SSSR count). The molecule has 1 saturated heterocycles. The standard InChI is InChI=1S/C24H39N7O2.C7H6ClF.C2H6.CH3Cl/c1-7-19(9-10-29(6)8-2)31-12-11-30(15-16(31)3)24-17(4)28-18(14-27-24)13-26-21-20(25-5)22(32)23(21)33;1-5-2-3-6(8)4-7(5)9;2*1-2/h14,16,19,25-26H,7-13,15H2,1-6H3;2-4H,1H3;1-2H3;1H3. The van der Waals surface area contributed by atoms with E-state index in [9.17, 15) is 14.0 Å². The van der Waals surface area contributed by atoms with Crippen molar-refractivity contribution in [1.82, 2.24) is 19.8 Å². The Hall–Kier alpha value is -2.79. The Morgan fingerprint density at radius 3 is 2.28 bits per heavy atom. The largest absolute Gasteiger partial charge is 0.383 e. The highest BCUT2D eigenvalue weighted by Gasteiger charge is 2.30. The third-order valence-corrected chi connectivity index (χ3v) is 8.25. The van der Waals surface area contributed by atoms with Gasteiger partial charge >= 0.3 is 0 Å². The van der Waals surface area contributed by atoms with E-state index in [1.165, 1.54) is 25.3 Å². The summed E-state index contributed by atoms with van der Waals surface area (Å²) in [6.45, 7) is 20.0. The van der Waals surface area contributed by atoms with E-state index >= 15 is 0 Å². The lowest BCUT2D eigenvalue weighted by Gasteiger charge is -2.44. The molecule has 2 unspecified atom stereocenters. The van der Waals surface area contributed by atoms with Gasteiger partial charge in [-0.25, -0.2) is 9.37 Å². The molecule has 0 saturated carbocycles. The molecule has 2 atom stereocenters. The summed E-state index contributed by atoms with van der Waals surface area (Å²) in [7, 11) is 3.82. The van der Waals surface area contributed by atoms with E-state index < -0.39 is 10.9 Å². The van der Waals surface area contributed by atoms with Crippen molar-refractivity contribution in [2.24, 2.45) is 0 Å². The summed E-state index contributed by atoms with van der Waals surface area (Å²) in [4.78, 5) is 40.1. The minimum Gasteiger partial charge on any atom is -0.383 e. The molecule has 1 aliphatic rings. The van der Waals surface area contributed by atoms with Crippen LogP contribution < -0.4 is 26.4 Å². The molecule has 12 heteroatoms. The highest BCUT2D eigenvalue weighted by atomic mass is 35.5. The average molecular weight is 683 g/mol. The van der Waals surface area contributed by atoms with Gasteiger partial charge in [-0.2, -0.15) is 0 Å². The van der Waals surface area contributed by atoms with Gasteiger partial charge in [-0.1, -0.05) is 45.4 Å². The number of rotatable bonds is 11. The molecule has 3 aromatic rings. The van der Waals surface area contributed by atoms with Crippen LogP contribution in [0.1, 0.15) is 64.4 Å². The van der Waals surface area contributed by atoms with Gasteiger partial charge in [0.25, 0.3) is 10.9 Å². The summed E-state index contributed by atoms with van der Waals surface area (Å²) in [6, 6.07) is 5.68. The number of aryl methyl sites for hydroxylation is 2. The monoisotopic (exact) mass is 681 g/mol. The van der Waals surface area contributed by atoms with Crippen molar-refractivity contribution in [2.75, 3.05) is 68.7 Å². The zero-order valence-corrected chi connectivity index (χ0v) is 30.8. The second kappa shape index (κ2) is 21.2. The maximum Gasteiger partial charge on any atom is 0.253 e. The van der Waals surface area contributed by atoms with Crippen LogP contribution in [-0.2, 0) is 6.54 Å². The highest BCUT2D eigenvalue weighted by Crippen LogP contribution is 2.24. The molecule has 0 spiro atoms. The Balaban J connectivity index is 0.000000686. The van der Waals surface area contributed by atoms with E-state index in [0.29, 0.717) is 40.6 Å². The van der Waals surface area contributed by atoms with E-state index in [0.717, 1.165) is 49.9 Å². The zero-order chi connectivity index (χ0) is 35.0. The number of piperazine rings is 1. The van der Waals surface area contributed by atoms with Gasteiger partial charge in [0.05, 0.1) is 24.1 Å². The van der Waals surface area contributed by atoms with Gasteiger partial charge < -0.3 is 20.4 Å². The van der Waals surface area contributed by atoms with Gasteiger partial charge in [-0.3, -0.25) is 19.5 Å². The predicted octanol–water partition coefficient (Wildman–Crippen LogP) is 6.33. The summed E-state index contributed by atoms with van der Waals surface area (Å²) in [5.41, 5.74) is 1.94. The van der Waals surface area contributed by atoms with Crippen molar-refractivity contribution in [3.63, 3.8) is 0 Å². The van der Waals surface area contributed by atoms with Crippen LogP contribution in [0.5, 0.6) is 0 Å². The van der Waals surface area contributed by atoms with Crippen molar-refractivity contribution in [3.05, 3.63) is 72.6 Å². The molecule has 0 aliphatic carbocycles. The van der Waals surface area contributed by atoms with E-state index in [4.69, 9.17) is 21.6 Å². The van der Waals surface area contributed by atoms with Crippen LogP contribution in [0.3, 0.4) is 0 Å². The Morgan fingerprint density at radius 2 is 1.76 bits per heavy atom. The predicted molar refractivity (Wildman–Crippen MR) is 195 cm³/mol. The number of benzene rings is 1. The van der Waals surface area contributed by atoms with Gasteiger partial charge in [-0.15, -0.1) is 11.6 Å². The fourth-order valence-electron chi connectivity index (χ4n) is 5.30. The molecule has 2 aromatic carbocycles. The Morgan fingerprint density at radius 1 is 1.11 bits per heavy atom. The number of hydrogen-bond acceptors (Lipinski definition) is 9. The van der Waals surface area contributed by atoms with Gasteiger partial charge in [0.1, 0.15) is 23.0 Å². The summed E-state index contributed by atoms with van der Waals surface area (Å²) in [5, 5.41) is 6.23. The number of halogens is 3. The zero-order valence-electron chi connectivity index (χ0n) is 29.3. The van der Waals surface area contributed by atoms with Gasteiger partial charge in [0.15, 0.2) is 0 Å². The third kappa shape index (κ3) is 11.5. The molecular formula is C34H54Cl2FN7O2. The molecule has 0 amide bonds. The smallest absolute Gasteiger partial charge is 0.253 e. The first-order valence-corrected chi connectivity index (χ1v) is 17.2. The van der Waals surface area contributed by atoms with Crippen LogP contribution in [0.2, 0.25) is 5.02 Å². The minimum absolute atomic E-state index is 0.248. The van der Waals surface area contributed by atoms with E-state index in [-0.39, 0.29) is 5.82 Å². The SMILES string of the molecule is CC.CCC(CCN(C)CC)N1CCN(c2ncc(CNc3c(NC)c(=O)c3=O)nc2C)CC1C.CCl.Cc1ccc(Cl)cc1F. The lowest BCUT2D eigenvalue weighted by Crippen LogP contribution is -2.56. The number of anilines is 3. The van der Waals surface area contributed by atoms with Crippen LogP contribution >= 0.6 is 23.2 Å². The lowest BCUT2D eigenvalue weighted by atomic mass is 10.0. The van der Waals surface area contributed by atoms with Crippen LogP contribution in [0, 0.1) is 19.7 Å². The third-order valence-electron chi connectivity index (χ3n) is 8.01. The number of aromatic nitrogens is 2. The average Bonchev–Trinajstić information content (AvgIpc) is 3.07. The van der Waals surface area contributed by atoms with Crippen molar-refractivity contribution >= 4 is 40.4 Å². The number of nitrogens with zero attached hydrogens (tertiary/aromatic N) is 5. The topological polar surface area (TPSA) is 93.7 Å². The summed E-state index contributed by atoms with van der Waals surface area (Å²) in [5.74, 6) is 0.677. The minimum atomic E-state index is -0.487. The Bertz CT molecular complexity index is 1400.